The maximum absolute atomic E-state index is 12.5. The van der Waals surface area contributed by atoms with Crippen LogP contribution in [0, 0.1) is 0 Å². The molecule has 118 valence electrons. The molecule has 23 heavy (non-hydrogen) atoms. The molecule has 1 amide bonds. The summed E-state index contributed by atoms with van der Waals surface area (Å²) in [7, 11) is 0. The number of alkyl halides is 3. The predicted molar refractivity (Wildman–Crippen MR) is 77.7 cm³/mol. The molecule has 0 unspecified atom stereocenters. The lowest BCUT2D eigenvalue weighted by Gasteiger charge is -2.08. The van der Waals surface area contributed by atoms with E-state index in [1.165, 1.54) is 18.5 Å². The Morgan fingerprint density at radius 2 is 1.96 bits per heavy atom. The molecule has 0 bridgehead atoms. The molecular weight excluding hydrogens is 309 g/mol. The van der Waals surface area contributed by atoms with Crippen LogP contribution in [-0.4, -0.2) is 20.9 Å². The molecule has 8 heteroatoms. The Morgan fingerprint density at radius 1 is 1.22 bits per heavy atom. The van der Waals surface area contributed by atoms with E-state index in [0.717, 1.165) is 12.1 Å². The van der Waals surface area contributed by atoms with Gasteiger partial charge in [-0.1, -0.05) is 12.1 Å². The molecule has 0 radical (unpaired) electrons. The predicted octanol–water partition coefficient (Wildman–Crippen LogP) is 3.16. The number of benzene rings is 1. The highest BCUT2D eigenvalue weighted by atomic mass is 19.4. The van der Waals surface area contributed by atoms with E-state index in [2.05, 4.69) is 20.3 Å². The monoisotopic (exact) mass is 320 g/mol. The zero-order chi connectivity index (χ0) is 16.4. The van der Waals surface area contributed by atoms with Crippen LogP contribution in [0.4, 0.5) is 18.9 Å². The molecule has 2 aromatic heterocycles. The van der Waals surface area contributed by atoms with Gasteiger partial charge in [-0.2, -0.15) is 13.2 Å². The third-order valence-electron chi connectivity index (χ3n) is 3.28. The van der Waals surface area contributed by atoms with Crippen molar-refractivity contribution < 1.29 is 18.0 Å². The van der Waals surface area contributed by atoms with E-state index in [-0.39, 0.29) is 12.3 Å². The molecule has 0 saturated carbocycles. The summed E-state index contributed by atoms with van der Waals surface area (Å²) in [5.41, 5.74) is 0.865. The molecule has 2 N–H and O–H groups in total. The van der Waals surface area contributed by atoms with Gasteiger partial charge in [-0.05, 0) is 17.7 Å². The molecule has 3 rings (SSSR count). The summed E-state index contributed by atoms with van der Waals surface area (Å²) < 4.78 is 37.5. The Kier molecular flexibility index (Phi) is 3.73. The number of halogens is 3. The number of carbonyl (C=O) groups excluding carboxylic acids is 1. The standard InChI is InChI=1S/C15H11F3N4O/c16-15(17,18)10-3-1-9(2-4-10)5-13(23)22-12-7-20-14-11(12)6-19-8-21-14/h1-4,6-8H,5H2,(H,22,23)(H,19,20,21). The van der Waals surface area contributed by atoms with Gasteiger partial charge in [0.25, 0.3) is 0 Å². The number of hydrogen-bond acceptors (Lipinski definition) is 3. The molecule has 2 heterocycles. The van der Waals surface area contributed by atoms with E-state index < -0.39 is 11.7 Å². The number of carbonyl (C=O) groups is 1. The van der Waals surface area contributed by atoms with E-state index in [0.29, 0.717) is 22.3 Å². The van der Waals surface area contributed by atoms with Crippen molar-refractivity contribution in [2.75, 3.05) is 5.32 Å². The van der Waals surface area contributed by atoms with Crippen LogP contribution in [0.3, 0.4) is 0 Å². The molecule has 0 saturated heterocycles. The summed E-state index contributed by atoms with van der Waals surface area (Å²) in [4.78, 5) is 22.8. The quantitative estimate of drug-likeness (QED) is 0.779. The molecule has 1 aromatic carbocycles. The second-order valence-corrected chi connectivity index (χ2v) is 4.91. The van der Waals surface area contributed by atoms with Crippen LogP contribution < -0.4 is 5.32 Å². The molecular formula is C15H11F3N4O. The van der Waals surface area contributed by atoms with Crippen LogP contribution >= 0.6 is 0 Å². The third-order valence-corrected chi connectivity index (χ3v) is 3.28. The summed E-state index contributed by atoms with van der Waals surface area (Å²) in [6.07, 6.45) is 0.118. The average molecular weight is 320 g/mol. The highest BCUT2D eigenvalue weighted by Gasteiger charge is 2.29. The van der Waals surface area contributed by atoms with Crippen molar-refractivity contribution >= 4 is 22.6 Å². The largest absolute Gasteiger partial charge is 0.416 e. The maximum Gasteiger partial charge on any atom is 0.416 e. The first-order chi connectivity index (χ1) is 10.9. The number of aromatic amines is 1. The fourth-order valence-corrected chi connectivity index (χ4v) is 2.15. The summed E-state index contributed by atoms with van der Waals surface area (Å²) in [5.74, 6) is -0.338. The summed E-state index contributed by atoms with van der Waals surface area (Å²) >= 11 is 0. The Morgan fingerprint density at radius 3 is 2.65 bits per heavy atom. The minimum absolute atomic E-state index is 0.0293. The van der Waals surface area contributed by atoms with Gasteiger partial charge >= 0.3 is 6.18 Å². The highest BCUT2D eigenvalue weighted by Crippen LogP contribution is 2.29. The molecule has 0 spiro atoms. The number of hydrogen-bond donors (Lipinski definition) is 2. The van der Waals surface area contributed by atoms with Gasteiger partial charge in [0.2, 0.25) is 5.91 Å². The molecule has 0 atom stereocenters. The summed E-state index contributed by atoms with van der Waals surface area (Å²) in [5, 5.41) is 3.35. The Labute approximate surface area is 128 Å². The molecule has 0 fully saturated rings. The molecule has 0 aliphatic carbocycles. The smallest absolute Gasteiger partial charge is 0.344 e. The summed E-state index contributed by atoms with van der Waals surface area (Å²) in [6.45, 7) is 0. The van der Waals surface area contributed by atoms with Gasteiger partial charge < -0.3 is 10.3 Å². The third kappa shape index (κ3) is 3.31. The van der Waals surface area contributed by atoms with E-state index >= 15 is 0 Å². The number of H-pyrrole nitrogens is 1. The lowest BCUT2D eigenvalue weighted by atomic mass is 10.1. The van der Waals surface area contributed by atoms with Crippen LogP contribution in [-0.2, 0) is 17.4 Å². The zero-order valence-electron chi connectivity index (χ0n) is 11.7. The number of fused-ring (bicyclic) bond motifs is 1. The highest BCUT2D eigenvalue weighted by molar-refractivity contribution is 6.00. The van der Waals surface area contributed by atoms with E-state index in [1.807, 2.05) is 0 Å². The number of rotatable bonds is 3. The van der Waals surface area contributed by atoms with Gasteiger partial charge in [-0.15, -0.1) is 0 Å². The van der Waals surface area contributed by atoms with Gasteiger partial charge in [0.15, 0.2) is 0 Å². The summed E-state index contributed by atoms with van der Waals surface area (Å²) in [6, 6.07) is 4.51. The maximum atomic E-state index is 12.5. The number of nitrogens with one attached hydrogen (secondary N) is 2. The number of aromatic nitrogens is 3. The first-order valence-electron chi connectivity index (χ1n) is 6.66. The van der Waals surface area contributed by atoms with Gasteiger partial charge in [0.05, 0.1) is 23.1 Å². The average Bonchev–Trinajstić information content (AvgIpc) is 2.90. The fourth-order valence-electron chi connectivity index (χ4n) is 2.15. The van der Waals surface area contributed by atoms with E-state index in [4.69, 9.17) is 0 Å². The second kappa shape index (κ2) is 5.71. The van der Waals surface area contributed by atoms with Crippen LogP contribution in [0.5, 0.6) is 0 Å². The minimum Gasteiger partial charge on any atom is -0.344 e. The molecule has 0 aliphatic heterocycles. The minimum atomic E-state index is -4.38. The number of amides is 1. The fraction of sp³-hybridized carbons (Fsp3) is 0.133. The van der Waals surface area contributed by atoms with Gasteiger partial charge in [-0.25, -0.2) is 9.97 Å². The Balaban J connectivity index is 1.70. The first kappa shape index (κ1) is 15.0. The Hall–Kier alpha value is -2.90. The topological polar surface area (TPSA) is 70.7 Å². The van der Waals surface area contributed by atoms with Crippen molar-refractivity contribution in [1.29, 1.82) is 0 Å². The molecule has 0 aliphatic rings. The SMILES string of the molecule is O=C(Cc1ccc(C(F)(F)F)cc1)Nc1c[nH]c2ncncc12. The molecule has 3 aromatic rings. The van der Waals surface area contributed by atoms with Crippen LogP contribution in [0.2, 0.25) is 0 Å². The van der Waals surface area contributed by atoms with E-state index in [1.54, 1.807) is 12.4 Å². The van der Waals surface area contributed by atoms with Crippen molar-refractivity contribution in [2.45, 2.75) is 12.6 Å². The van der Waals surface area contributed by atoms with Gasteiger partial charge in [-0.3, -0.25) is 4.79 Å². The van der Waals surface area contributed by atoms with Gasteiger partial charge in [0, 0.05) is 12.4 Å². The van der Waals surface area contributed by atoms with Crippen molar-refractivity contribution in [3.8, 4) is 0 Å². The van der Waals surface area contributed by atoms with Crippen LogP contribution in [0.25, 0.3) is 11.0 Å². The lowest BCUT2D eigenvalue weighted by Crippen LogP contribution is -2.14. The van der Waals surface area contributed by atoms with Crippen LogP contribution in [0.15, 0.2) is 43.0 Å². The normalized spacial score (nSPS) is 11.6. The molecule has 5 nitrogen and oxygen atoms in total. The van der Waals surface area contributed by atoms with Crippen molar-refractivity contribution in [1.82, 2.24) is 15.0 Å². The van der Waals surface area contributed by atoms with Crippen molar-refractivity contribution in [2.24, 2.45) is 0 Å². The number of nitrogens with zero attached hydrogens (tertiary/aromatic N) is 2. The second-order valence-electron chi connectivity index (χ2n) is 4.91. The van der Waals surface area contributed by atoms with E-state index in [9.17, 15) is 18.0 Å². The van der Waals surface area contributed by atoms with Gasteiger partial charge in [0.1, 0.15) is 12.0 Å². The van der Waals surface area contributed by atoms with Crippen molar-refractivity contribution in [3.05, 3.63) is 54.1 Å². The zero-order valence-corrected chi connectivity index (χ0v) is 11.7. The lowest BCUT2D eigenvalue weighted by molar-refractivity contribution is -0.137. The first-order valence-corrected chi connectivity index (χ1v) is 6.66. The van der Waals surface area contributed by atoms with Crippen LogP contribution in [0.1, 0.15) is 11.1 Å². The Bertz CT molecular complexity index is 840. The number of anilines is 1. The van der Waals surface area contributed by atoms with Crippen molar-refractivity contribution in [3.63, 3.8) is 0 Å².